The van der Waals surface area contributed by atoms with Crippen LogP contribution in [0.15, 0.2) is 50.8 Å². The number of amides is 1. The van der Waals surface area contributed by atoms with E-state index in [0.29, 0.717) is 23.5 Å². The number of anilines is 1. The molecule has 1 amide bonds. The van der Waals surface area contributed by atoms with Crippen molar-refractivity contribution in [2.45, 2.75) is 18.9 Å². The molecule has 11 heteroatoms. The van der Waals surface area contributed by atoms with Crippen molar-refractivity contribution in [3.8, 4) is 0 Å². The molecule has 1 aliphatic rings. The minimum atomic E-state index is -0.526. The van der Waals surface area contributed by atoms with E-state index in [4.69, 9.17) is 4.52 Å². The maximum atomic E-state index is 12.8. The normalized spacial score (nSPS) is 16.5. The Bertz CT molecular complexity index is 1410. The highest BCUT2D eigenvalue weighted by atomic mass is 16.5. The Morgan fingerprint density at radius 1 is 1.13 bits per heavy atom. The Morgan fingerprint density at radius 3 is 2.68 bits per heavy atom. The highest BCUT2D eigenvalue weighted by Gasteiger charge is 2.34. The second-order valence-electron chi connectivity index (χ2n) is 7.55. The predicted octanol–water partition coefficient (Wildman–Crippen LogP) is 0.385. The van der Waals surface area contributed by atoms with Crippen LogP contribution < -0.4 is 16.1 Å². The first-order valence-electron chi connectivity index (χ1n) is 9.72. The lowest BCUT2D eigenvalue weighted by Crippen LogP contribution is -2.39. The number of imidazole rings is 1. The number of benzene rings is 1. The summed E-state index contributed by atoms with van der Waals surface area (Å²) in [5, 5.41) is 4.00. The lowest BCUT2D eigenvalue weighted by molar-refractivity contribution is -0.117. The highest BCUT2D eigenvalue weighted by molar-refractivity contribution is 5.96. The third-order valence-electron chi connectivity index (χ3n) is 5.54. The highest BCUT2D eigenvalue weighted by Crippen LogP contribution is 2.30. The van der Waals surface area contributed by atoms with Gasteiger partial charge in [0.15, 0.2) is 17.0 Å². The van der Waals surface area contributed by atoms with Crippen LogP contribution in [-0.4, -0.2) is 41.3 Å². The summed E-state index contributed by atoms with van der Waals surface area (Å²) in [6.07, 6.45) is 1.74. The van der Waals surface area contributed by atoms with E-state index in [1.165, 1.54) is 10.9 Å². The first-order chi connectivity index (χ1) is 14.9. The topological polar surface area (TPSA) is 121 Å². The van der Waals surface area contributed by atoms with Gasteiger partial charge in [0, 0.05) is 38.7 Å². The van der Waals surface area contributed by atoms with Gasteiger partial charge in [0.25, 0.3) is 5.56 Å². The van der Waals surface area contributed by atoms with Crippen molar-refractivity contribution in [3.63, 3.8) is 0 Å². The summed E-state index contributed by atoms with van der Waals surface area (Å²) in [5.74, 6) is 0.258. The lowest BCUT2D eigenvalue weighted by Gasteiger charge is -2.15. The van der Waals surface area contributed by atoms with Crippen molar-refractivity contribution in [2.75, 3.05) is 11.4 Å². The van der Waals surface area contributed by atoms with E-state index in [-0.39, 0.29) is 30.7 Å². The number of para-hydroxylation sites is 1. The summed E-state index contributed by atoms with van der Waals surface area (Å²) in [6, 6.07) is 9.39. The fraction of sp³-hybridized carbons (Fsp3) is 0.300. The smallest absolute Gasteiger partial charge is 0.332 e. The molecule has 158 valence electrons. The molecule has 0 N–H and O–H groups in total. The van der Waals surface area contributed by atoms with E-state index in [0.717, 1.165) is 10.3 Å². The molecule has 0 spiro atoms. The number of carbonyl (C=O) groups is 1. The van der Waals surface area contributed by atoms with Gasteiger partial charge in [-0.05, 0) is 12.1 Å². The van der Waals surface area contributed by atoms with E-state index in [1.54, 1.807) is 23.6 Å². The van der Waals surface area contributed by atoms with Gasteiger partial charge in [-0.1, -0.05) is 23.4 Å². The maximum Gasteiger partial charge on any atom is 0.332 e. The van der Waals surface area contributed by atoms with Gasteiger partial charge in [0.1, 0.15) is 6.54 Å². The minimum Gasteiger partial charge on any atom is -0.337 e. The number of carbonyl (C=O) groups excluding carboxylic acids is 1. The Labute approximate surface area is 175 Å². The lowest BCUT2D eigenvalue weighted by atomic mass is 10.1. The number of fused-ring (bicyclic) bond motifs is 1. The van der Waals surface area contributed by atoms with Gasteiger partial charge in [-0.3, -0.25) is 14.2 Å². The zero-order valence-electron chi connectivity index (χ0n) is 16.9. The van der Waals surface area contributed by atoms with Crippen LogP contribution in [0.25, 0.3) is 11.2 Å². The minimum absolute atomic E-state index is 0.0192. The van der Waals surface area contributed by atoms with Gasteiger partial charge >= 0.3 is 5.69 Å². The molecule has 5 rings (SSSR count). The van der Waals surface area contributed by atoms with Crippen LogP contribution >= 0.6 is 0 Å². The van der Waals surface area contributed by atoms with Crippen LogP contribution in [0.4, 0.5) is 5.69 Å². The van der Waals surface area contributed by atoms with E-state index < -0.39 is 11.2 Å². The molecule has 4 heterocycles. The number of nitrogens with zero attached hydrogens (tertiary/aromatic N) is 7. The van der Waals surface area contributed by atoms with Gasteiger partial charge in [-0.25, -0.2) is 14.3 Å². The maximum absolute atomic E-state index is 12.8. The van der Waals surface area contributed by atoms with Crippen LogP contribution in [0, 0.1) is 0 Å². The van der Waals surface area contributed by atoms with Gasteiger partial charge in [-0.15, -0.1) is 0 Å². The third kappa shape index (κ3) is 3.05. The fourth-order valence-electron chi connectivity index (χ4n) is 3.91. The van der Waals surface area contributed by atoms with Crippen LogP contribution in [0.3, 0.4) is 0 Å². The molecule has 1 atom stereocenters. The molecule has 0 saturated carbocycles. The van der Waals surface area contributed by atoms with Crippen molar-refractivity contribution in [3.05, 3.63) is 69.2 Å². The molecule has 31 heavy (non-hydrogen) atoms. The molecule has 0 aliphatic carbocycles. The molecular weight excluding hydrogens is 402 g/mol. The summed E-state index contributed by atoms with van der Waals surface area (Å²) in [4.78, 5) is 48.1. The summed E-state index contributed by atoms with van der Waals surface area (Å²) >= 11 is 0. The van der Waals surface area contributed by atoms with Crippen molar-refractivity contribution in [1.82, 2.24) is 28.8 Å². The number of rotatable bonds is 4. The molecule has 1 unspecified atom stereocenters. The van der Waals surface area contributed by atoms with Crippen LogP contribution in [0.5, 0.6) is 0 Å². The molecule has 0 bridgehead atoms. The molecule has 1 fully saturated rings. The van der Waals surface area contributed by atoms with E-state index in [2.05, 4.69) is 15.1 Å². The van der Waals surface area contributed by atoms with E-state index in [9.17, 15) is 14.4 Å². The largest absolute Gasteiger partial charge is 0.337 e. The summed E-state index contributed by atoms with van der Waals surface area (Å²) < 4.78 is 9.22. The Hall–Kier alpha value is -4.02. The third-order valence-corrected chi connectivity index (χ3v) is 5.54. The Morgan fingerprint density at radius 2 is 1.90 bits per heavy atom. The van der Waals surface area contributed by atoms with E-state index in [1.807, 2.05) is 30.3 Å². The fourth-order valence-corrected chi connectivity index (χ4v) is 3.91. The molecule has 4 aromatic rings. The summed E-state index contributed by atoms with van der Waals surface area (Å²) in [6.45, 7) is 0.271. The number of hydrogen-bond donors (Lipinski definition) is 0. The predicted molar refractivity (Wildman–Crippen MR) is 110 cm³/mol. The van der Waals surface area contributed by atoms with Crippen LogP contribution in [0.1, 0.15) is 24.1 Å². The summed E-state index contributed by atoms with van der Waals surface area (Å²) in [7, 11) is 3.24. The molecule has 1 aliphatic heterocycles. The quantitative estimate of drug-likeness (QED) is 0.467. The average molecular weight is 421 g/mol. The average Bonchev–Trinajstić information content (AvgIpc) is 3.49. The van der Waals surface area contributed by atoms with Crippen molar-refractivity contribution in [2.24, 2.45) is 14.1 Å². The second kappa shape index (κ2) is 7.04. The zero-order chi connectivity index (χ0) is 21.7. The second-order valence-corrected chi connectivity index (χ2v) is 7.55. The van der Waals surface area contributed by atoms with Gasteiger partial charge in [0.2, 0.25) is 11.8 Å². The monoisotopic (exact) mass is 421 g/mol. The SMILES string of the molecule is Cn1cnc2c1c(=O)n(Cc1nc(C3CC(=O)N(c4ccccc4)C3)no1)c(=O)n2C. The van der Waals surface area contributed by atoms with Crippen molar-refractivity contribution in [1.29, 1.82) is 0 Å². The van der Waals surface area contributed by atoms with E-state index >= 15 is 0 Å². The van der Waals surface area contributed by atoms with Crippen LogP contribution in [-0.2, 0) is 25.4 Å². The molecule has 3 aromatic heterocycles. The first-order valence-corrected chi connectivity index (χ1v) is 9.72. The zero-order valence-corrected chi connectivity index (χ0v) is 16.9. The Kier molecular flexibility index (Phi) is 4.31. The van der Waals surface area contributed by atoms with Crippen molar-refractivity contribution < 1.29 is 9.32 Å². The first kappa shape index (κ1) is 19.0. The number of hydrogen-bond acceptors (Lipinski definition) is 7. The van der Waals surface area contributed by atoms with Gasteiger partial charge in [-0.2, -0.15) is 4.98 Å². The van der Waals surface area contributed by atoms with Crippen LogP contribution in [0.2, 0.25) is 0 Å². The molecule has 1 saturated heterocycles. The summed E-state index contributed by atoms with van der Waals surface area (Å²) in [5.41, 5.74) is 0.428. The molecule has 1 aromatic carbocycles. The van der Waals surface area contributed by atoms with Crippen molar-refractivity contribution >= 4 is 22.8 Å². The Balaban J connectivity index is 1.43. The molecular formula is C20H19N7O4. The molecule has 0 radical (unpaired) electrons. The number of aryl methyl sites for hydroxylation is 2. The van der Waals surface area contributed by atoms with Gasteiger partial charge in [0.05, 0.1) is 6.33 Å². The standard InChI is InChI=1S/C20H19N7O4/c1-24-11-21-18-16(24)19(29)27(20(30)25(18)2)10-14-22-17(23-31-14)12-8-15(28)26(9-12)13-6-4-3-5-7-13/h3-7,11-12H,8-10H2,1-2H3. The number of aromatic nitrogens is 6. The molecule has 11 nitrogen and oxygen atoms in total. The van der Waals surface area contributed by atoms with Gasteiger partial charge < -0.3 is 14.0 Å².